The summed E-state index contributed by atoms with van der Waals surface area (Å²) in [6.45, 7) is 3.35. The molecule has 3 rings (SSSR count). The first kappa shape index (κ1) is 20.5. The van der Waals surface area contributed by atoms with Crippen LogP contribution in [0.5, 0.6) is 11.5 Å². The van der Waals surface area contributed by atoms with Gasteiger partial charge < -0.3 is 14.4 Å². The Labute approximate surface area is 167 Å². The summed E-state index contributed by atoms with van der Waals surface area (Å²) in [6, 6.07) is 11.8. The normalized spacial score (nSPS) is 14.4. The number of halogens is 1. The Kier molecular flexibility index (Phi) is 6.96. The molecule has 0 aliphatic carbocycles. The number of nitro benzene ring substituents is 1. The quantitative estimate of drug-likeness (QED) is 0.497. The molecular formula is C20H22FN3O5. The van der Waals surface area contributed by atoms with E-state index in [4.69, 9.17) is 9.47 Å². The van der Waals surface area contributed by atoms with E-state index in [0.29, 0.717) is 45.1 Å². The minimum Gasteiger partial charge on any atom is -0.485 e. The Hall–Kier alpha value is -3.20. The van der Waals surface area contributed by atoms with Crippen molar-refractivity contribution in [3.05, 3.63) is 64.5 Å². The Balaban J connectivity index is 1.37. The third-order valence-corrected chi connectivity index (χ3v) is 4.63. The van der Waals surface area contributed by atoms with Crippen molar-refractivity contribution in [1.29, 1.82) is 0 Å². The number of hydrogen-bond donors (Lipinski definition) is 0. The fourth-order valence-electron chi connectivity index (χ4n) is 3.00. The van der Waals surface area contributed by atoms with Crippen LogP contribution in [0.25, 0.3) is 0 Å². The van der Waals surface area contributed by atoms with Gasteiger partial charge >= 0.3 is 5.69 Å². The van der Waals surface area contributed by atoms with Crippen LogP contribution in [0.4, 0.5) is 10.1 Å². The van der Waals surface area contributed by atoms with E-state index in [1.807, 2.05) is 0 Å². The van der Waals surface area contributed by atoms with Gasteiger partial charge in [0.15, 0.2) is 12.4 Å². The molecule has 1 aliphatic rings. The van der Waals surface area contributed by atoms with Gasteiger partial charge in [-0.25, -0.2) is 4.39 Å². The third kappa shape index (κ3) is 5.89. The zero-order chi connectivity index (χ0) is 20.6. The first-order valence-corrected chi connectivity index (χ1v) is 9.27. The molecule has 0 atom stereocenters. The van der Waals surface area contributed by atoms with Crippen molar-refractivity contribution in [1.82, 2.24) is 9.80 Å². The van der Waals surface area contributed by atoms with Crippen LogP contribution in [0.2, 0.25) is 0 Å². The molecule has 1 aliphatic heterocycles. The maximum atomic E-state index is 12.9. The standard InChI is InChI=1S/C20H22FN3O5/c21-16-5-7-17(8-6-16)29-15-20(25)23-11-9-22(10-12-23)13-14-28-19-4-2-1-3-18(19)24(26)27/h1-8H,9-15H2. The predicted octanol–water partition coefficient (Wildman–Crippen LogP) is 2.34. The molecule has 0 N–H and O–H groups in total. The molecule has 0 bridgehead atoms. The van der Waals surface area contributed by atoms with E-state index >= 15 is 0 Å². The molecule has 1 saturated heterocycles. The maximum absolute atomic E-state index is 12.9. The number of amides is 1. The molecule has 0 aromatic heterocycles. The molecule has 29 heavy (non-hydrogen) atoms. The van der Waals surface area contributed by atoms with Crippen LogP contribution in [0.15, 0.2) is 48.5 Å². The van der Waals surface area contributed by atoms with Gasteiger partial charge in [0.1, 0.15) is 18.2 Å². The number of para-hydroxylation sites is 2. The zero-order valence-corrected chi connectivity index (χ0v) is 15.8. The van der Waals surface area contributed by atoms with Crippen molar-refractivity contribution in [2.45, 2.75) is 0 Å². The van der Waals surface area contributed by atoms with Crippen LogP contribution >= 0.6 is 0 Å². The van der Waals surface area contributed by atoms with E-state index < -0.39 is 4.92 Å². The minimum absolute atomic E-state index is 0.0518. The highest BCUT2D eigenvalue weighted by Gasteiger charge is 2.21. The van der Waals surface area contributed by atoms with Crippen LogP contribution in [-0.4, -0.2) is 66.6 Å². The molecule has 9 heteroatoms. The van der Waals surface area contributed by atoms with E-state index in [0.717, 1.165) is 0 Å². The molecule has 154 valence electrons. The summed E-state index contributed by atoms with van der Waals surface area (Å²) in [5.74, 6) is 0.227. The SMILES string of the molecule is O=C(COc1ccc(F)cc1)N1CCN(CCOc2ccccc2[N+](=O)[O-])CC1. The predicted molar refractivity (Wildman–Crippen MR) is 104 cm³/mol. The summed E-state index contributed by atoms with van der Waals surface area (Å²) in [7, 11) is 0. The summed E-state index contributed by atoms with van der Waals surface area (Å²) in [5, 5.41) is 11.0. The van der Waals surface area contributed by atoms with Gasteiger partial charge in [-0.3, -0.25) is 19.8 Å². The number of hydrogen-bond acceptors (Lipinski definition) is 6. The number of ether oxygens (including phenoxy) is 2. The van der Waals surface area contributed by atoms with Gasteiger partial charge in [-0.1, -0.05) is 12.1 Å². The summed E-state index contributed by atoms with van der Waals surface area (Å²) >= 11 is 0. The lowest BCUT2D eigenvalue weighted by molar-refractivity contribution is -0.385. The molecule has 2 aromatic rings. The second-order valence-electron chi connectivity index (χ2n) is 6.54. The Morgan fingerprint density at radius 3 is 2.41 bits per heavy atom. The third-order valence-electron chi connectivity index (χ3n) is 4.63. The molecule has 2 aromatic carbocycles. The second-order valence-corrected chi connectivity index (χ2v) is 6.54. The van der Waals surface area contributed by atoms with E-state index in [2.05, 4.69) is 4.90 Å². The van der Waals surface area contributed by atoms with Crippen LogP contribution < -0.4 is 9.47 Å². The number of piperazine rings is 1. The highest BCUT2D eigenvalue weighted by molar-refractivity contribution is 5.77. The van der Waals surface area contributed by atoms with Crippen LogP contribution in [0, 0.1) is 15.9 Å². The van der Waals surface area contributed by atoms with Gasteiger partial charge in [0.05, 0.1) is 4.92 Å². The monoisotopic (exact) mass is 403 g/mol. The van der Waals surface area contributed by atoms with Gasteiger partial charge in [0.2, 0.25) is 0 Å². The van der Waals surface area contributed by atoms with Gasteiger partial charge in [0.25, 0.3) is 5.91 Å². The Morgan fingerprint density at radius 2 is 1.72 bits per heavy atom. The summed E-state index contributed by atoms with van der Waals surface area (Å²) in [6.07, 6.45) is 0. The molecule has 8 nitrogen and oxygen atoms in total. The summed E-state index contributed by atoms with van der Waals surface area (Å²) in [4.78, 5) is 26.7. The van der Waals surface area contributed by atoms with Gasteiger partial charge in [-0.05, 0) is 30.3 Å². The summed E-state index contributed by atoms with van der Waals surface area (Å²) < 4.78 is 23.8. The largest absolute Gasteiger partial charge is 0.485 e. The van der Waals surface area contributed by atoms with Gasteiger partial charge in [-0.2, -0.15) is 0 Å². The number of carbonyl (C=O) groups excluding carboxylic acids is 1. The first-order valence-electron chi connectivity index (χ1n) is 9.27. The van der Waals surface area contributed by atoms with Crippen LogP contribution in [0.1, 0.15) is 0 Å². The van der Waals surface area contributed by atoms with E-state index in [9.17, 15) is 19.3 Å². The average Bonchev–Trinajstić information content (AvgIpc) is 2.74. The lowest BCUT2D eigenvalue weighted by atomic mass is 10.3. The number of nitrogens with zero attached hydrogens (tertiary/aromatic N) is 3. The van der Waals surface area contributed by atoms with E-state index in [-0.39, 0.29) is 29.8 Å². The fourth-order valence-corrected chi connectivity index (χ4v) is 3.00. The maximum Gasteiger partial charge on any atom is 0.310 e. The minimum atomic E-state index is -0.465. The van der Waals surface area contributed by atoms with Crippen molar-refractivity contribution in [3.8, 4) is 11.5 Å². The van der Waals surface area contributed by atoms with Crippen molar-refractivity contribution in [2.75, 3.05) is 45.9 Å². The zero-order valence-electron chi connectivity index (χ0n) is 15.8. The lowest BCUT2D eigenvalue weighted by Gasteiger charge is -2.34. The van der Waals surface area contributed by atoms with Crippen LogP contribution in [-0.2, 0) is 4.79 Å². The summed E-state index contributed by atoms with van der Waals surface area (Å²) in [5.41, 5.74) is -0.0518. The van der Waals surface area contributed by atoms with E-state index in [1.54, 1.807) is 23.1 Å². The van der Waals surface area contributed by atoms with Gasteiger partial charge in [0, 0.05) is 38.8 Å². The second kappa shape index (κ2) is 9.83. The fraction of sp³-hybridized carbons (Fsp3) is 0.350. The van der Waals surface area contributed by atoms with Crippen molar-refractivity contribution in [2.24, 2.45) is 0 Å². The van der Waals surface area contributed by atoms with Gasteiger partial charge in [-0.15, -0.1) is 0 Å². The average molecular weight is 403 g/mol. The molecular weight excluding hydrogens is 381 g/mol. The molecule has 1 heterocycles. The van der Waals surface area contributed by atoms with E-state index in [1.165, 1.54) is 30.3 Å². The molecule has 0 spiro atoms. The first-order chi connectivity index (χ1) is 14.0. The van der Waals surface area contributed by atoms with Crippen molar-refractivity contribution in [3.63, 3.8) is 0 Å². The number of benzene rings is 2. The molecule has 0 radical (unpaired) electrons. The topological polar surface area (TPSA) is 85.2 Å². The number of rotatable bonds is 8. The Bertz CT molecular complexity index is 838. The highest BCUT2D eigenvalue weighted by atomic mass is 19.1. The molecule has 1 fully saturated rings. The molecule has 0 unspecified atom stereocenters. The Morgan fingerprint density at radius 1 is 1.03 bits per heavy atom. The lowest BCUT2D eigenvalue weighted by Crippen LogP contribution is -2.50. The number of nitro groups is 1. The highest BCUT2D eigenvalue weighted by Crippen LogP contribution is 2.25. The van der Waals surface area contributed by atoms with Crippen molar-refractivity contribution >= 4 is 11.6 Å². The molecule has 1 amide bonds. The number of carbonyl (C=O) groups is 1. The molecule has 0 saturated carbocycles. The van der Waals surface area contributed by atoms with Crippen molar-refractivity contribution < 1.29 is 23.6 Å². The smallest absolute Gasteiger partial charge is 0.310 e. The van der Waals surface area contributed by atoms with Crippen LogP contribution in [0.3, 0.4) is 0 Å².